The standard InChI is InChI=1S/C27H25N3O/c1-27(2,3)20-12-14-21(15-13-20)30-17-19-8-5-10-22(24(19)26(30)31)29-23-11-4-7-18-9-6-16-28-25(18)23/h4-16,29H,17H2,1-3H3. The zero-order valence-corrected chi connectivity index (χ0v) is 18.0. The maximum Gasteiger partial charge on any atom is 0.261 e. The molecule has 0 unspecified atom stereocenters. The van der Waals surface area contributed by atoms with Crippen molar-refractivity contribution in [2.45, 2.75) is 32.7 Å². The number of benzene rings is 3. The third-order valence-electron chi connectivity index (χ3n) is 5.89. The summed E-state index contributed by atoms with van der Waals surface area (Å²) in [6, 6.07) is 24.3. The Morgan fingerprint density at radius 1 is 0.871 bits per heavy atom. The average Bonchev–Trinajstić information content (AvgIpc) is 3.11. The van der Waals surface area contributed by atoms with Gasteiger partial charge in [-0.3, -0.25) is 9.78 Å². The summed E-state index contributed by atoms with van der Waals surface area (Å²) in [7, 11) is 0. The predicted octanol–water partition coefficient (Wildman–Crippen LogP) is 6.44. The Hall–Kier alpha value is -3.66. The van der Waals surface area contributed by atoms with Gasteiger partial charge in [0.2, 0.25) is 0 Å². The molecule has 4 heteroatoms. The van der Waals surface area contributed by atoms with E-state index in [0.29, 0.717) is 6.54 Å². The molecule has 3 aromatic carbocycles. The molecule has 0 saturated heterocycles. The normalized spacial score (nSPS) is 13.5. The quantitative estimate of drug-likeness (QED) is 0.425. The summed E-state index contributed by atoms with van der Waals surface area (Å²) in [6.07, 6.45) is 1.79. The predicted molar refractivity (Wildman–Crippen MR) is 127 cm³/mol. The van der Waals surface area contributed by atoms with Gasteiger partial charge in [-0.25, -0.2) is 0 Å². The lowest BCUT2D eigenvalue weighted by atomic mass is 9.87. The Morgan fingerprint density at radius 3 is 2.35 bits per heavy atom. The average molecular weight is 408 g/mol. The minimum absolute atomic E-state index is 0.0230. The van der Waals surface area contributed by atoms with Crippen molar-refractivity contribution in [3.8, 4) is 0 Å². The van der Waals surface area contributed by atoms with E-state index in [-0.39, 0.29) is 11.3 Å². The van der Waals surface area contributed by atoms with Crippen molar-refractivity contribution in [2.75, 3.05) is 10.2 Å². The molecule has 0 bridgehead atoms. The fourth-order valence-electron chi connectivity index (χ4n) is 4.17. The highest BCUT2D eigenvalue weighted by atomic mass is 16.2. The molecule has 2 heterocycles. The second-order valence-corrected chi connectivity index (χ2v) is 9.03. The fourth-order valence-corrected chi connectivity index (χ4v) is 4.17. The van der Waals surface area contributed by atoms with Gasteiger partial charge in [-0.2, -0.15) is 0 Å². The van der Waals surface area contributed by atoms with Crippen LogP contribution >= 0.6 is 0 Å². The lowest BCUT2D eigenvalue weighted by Crippen LogP contribution is -2.23. The van der Waals surface area contributed by atoms with Crippen LogP contribution in [0.15, 0.2) is 79.0 Å². The number of pyridine rings is 1. The van der Waals surface area contributed by atoms with E-state index < -0.39 is 0 Å². The number of fused-ring (bicyclic) bond motifs is 2. The molecule has 4 nitrogen and oxygen atoms in total. The van der Waals surface area contributed by atoms with Crippen molar-refractivity contribution in [3.63, 3.8) is 0 Å². The van der Waals surface area contributed by atoms with Gasteiger partial charge in [0, 0.05) is 17.3 Å². The molecule has 0 fully saturated rings. The Kier molecular flexibility index (Phi) is 4.51. The molecule has 0 saturated carbocycles. The summed E-state index contributed by atoms with van der Waals surface area (Å²) in [5, 5.41) is 4.53. The number of amides is 1. The Morgan fingerprint density at radius 2 is 1.58 bits per heavy atom. The van der Waals surface area contributed by atoms with Gasteiger partial charge in [-0.1, -0.05) is 63.2 Å². The van der Waals surface area contributed by atoms with Gasteiger partial charge in [0.25, 0.3) is 5.91 Å². The van der Waals surface area contributed by atoms with Gasteiger partial charge >= 0.3 is 0 Å². The van der Waals surface area contributed by atoms with Crippen LogP contribution in [0.4, 0.5) is 17.1 Å². The number of hydrogen-bond donors (Lipinski definition) is 1. The third-order valence-corrected chi connectivity index (χ3v) is 5.89. The molecule has 0 atom stereocenters. The molecule has 1 amide bonds. The highest BCUT2D eigenvalue weighted by molar-refractivity contribution is 6.14. The minimum Gasteiger partial charge on any atom is -0.353 e. The number of rotatable bonds is 3. The van der Waals surface area contributed by atoms with E-state index in [9.17, 15) is 4.79 Å². The summed E-state index contributed by atoms with van der Waals surface area (Å²) in [5.74, 6) is 0.0230. The van der Waals surface area contributed by atoms with Crippen molar-refractivity contribution >= 4 is 33.9 Å². The Labute approximate surface area is 182 Å². The van der Waals surface area contributed by atoms with E-state index in [1.54, 1.807) is 6.20 Å². The maximum atomic E-state index is 13.4. The van der Waals surface area contributed by atoms with Gasteiger partial charge in [0.1, 0.15) is 0 Å². The minimum atomic E-state index is 0.0230. The van der Waals surface area contributed by atoms with E-state index in [1.165, 1.54) is 5.56 Å². The zero-order valence-electron chi connectivity index (χ0n) is 18.0. The third kappa shape index (κ3) is 3.44. The molecule has 154 valence electrons. The zero-order chi connectivity index (χ0) is 21.6. The van der Waals surface area contributed by atoms with Crippen molar-refractivity contribution in [3.05, 3.63) is 95.7 Å². The summed E-state index contributed by atoms with van der Waals surface area (Å²) in [5.41, 5.74) is 6.63. The number of nitrogens with one attached hydrogen (secondary N) is 1. The smallest absolute Gasteiger partial charge is 0.261 e. The molecule has 1 aliphatic rings. The highest BCUT2D eigenvalue weighted by Gasteiger charge is 2.31. The SMILES string of the molecule is CC(C)(C)c1ccc(N2Cc3cccc(Nc4cccc5cccnc45)c3C2=O)cc1. The molecule has 1 aliphatic heterocycles. The van der Waals surface area contributed by atoms with Crippen molar-refractivity contribution in [1.82, 2.24) is 4.98 Å². The van der Waals surface area contributed by atoms with E-state index in [0.717, 1.165) is 39.1 Å². The first kappa shape index (κ1) is 19.3. The summed E-state index contributed by atoms with van der Waals surface area (Å²) in [6.45, 7) is 7.16. The summed E-state index contributed by atoms with van der Waals surface area (Å²) in [4.78, 5) is 19.8. The molecular weight excluding hydrogens is 382 g/mol. The van der Waals surface area contributed by atoms with Gasteiger partial charge in [-0.05, 0) is 46.9 Å². The van der Waals surface area contributed by atoms with Crippen LogP contribution in [0.25, 0.3) is 10.9 Å². The van der Waals surface area contributed by atoms with E-state index >= 15 is 0 Å². The molecule has 5 rings (SSSR count). The lowest BCUT2D eigenvalue weighted by Gasteiger charge is -2.21. The van der Waals surface area contributed by atoms with Crippen LogP contribution < -0.4 is 10.2 Å². The van der Waals surface area contributed by atoms with Crippen molar-refractivity contribution in [1.29, 1.82) is 0 Å². The van der Waals surface area contributed by atoms with Crippen molar-refractivity contribution < 1.29 is 4.79 Å². The van der Waals surface area contributed by atoms with Gasteiger partial charge in [0.05, 0.1) is 29.0 Å². The van der Waals surface area contributed by atoms with Crippen LogP contribution in [0.5, 0.6) is 0 Å². The molecule has 1 aromatic heterocycles. The first-order chi connectivity index (χ1) is 14.9. The van der Waals surface area contributed by atoms with Gasteiger partial charge < -0.3 is 10.2 Å². The lowest BCUT2D eigenvalue weighted by molar-refractivity contribution is 0.0997. The molecule has 31 heavy (non-hydrogen) atoms. The molecule has 0 aliphatic carbocycles. The second kappa shape index (κ2) is 7.24. The largest absolute Gasteiger partial charge is 0.353 e. The maximum absolute atomic E-state index is 13.4. The first-order valence-electron chi connectivity index (χ1n) is 10.6. The van der Waals surface area contributed by atoms with Crippen LogP contribution in [0.2, 0.25) is 0 Å². The monoisotopic (exact) mass is 407 g/mol. The molecule has 0 spiro atoms. The van der Waals surface area contributed by atoms with Gasteiger partial charge in [0.15, 0.2) is 0 Å². The number of hydrogen-bond acceptors (Lipinski definition) is 3. The topological polar surface area (TPSA) is 45.2 Å². The van der Waals surface area contributed by atoms with E-state index in [4.69, 9.17) is 0 Å². The van der Waals surface area contributed by atoms with Gasteiger partial charge in [-0.15, -0.1) is 0 Å². The number of anilines is 3. The van der Waals surface area contributed by atoms with Crippen LogP contribution in [-0.2, 0) is 12.0 Å². The summed E-state index contributed by atoms with van der Waals surface area (Å²) < 4.78 is 0. The van der Waals surface area contributed by atoms with E-state index in [1.807, 2.05) is 65.6 Å². The number of para-hydroxylation sites is 1. The number of aromatic nitrogens is 1. The van der Waals surface area contributed by atoms with Crippen molar-refractivity contribution in [2.24, 2.45) is 0 Å². The molecule has 1 N–H and O–H groups in total. The highest BCUT2D eigenvalue weighted by Crippen LogP contribution is 2.36. The van der Waals surface area contributed by atoms with Crippen LogP contribution in [0.1, 0.15) is 42.3 Å². The molecule has 0 radical (unpaired) electrons. The number of nitrogens with zero attached hydrogens (tertiary/aromatic N) is 2. The fraction of sp³-hybridized carbons (Fsp3) is 0.185. The molecule has 4 aromatic rings. The van der Waals surface area contributed by atoms with Crippen LogP contribution in [0.3, 0.4) is 0 Å². The van der Waals surface area contributed by atoms with E-state index in [2.05, 4.69) is 43.2 Å². The number of carbonyl (C=O) groups is 1. The summed E-state index contributed by atoms with van der Waals surface area (Å²) >= 11 is 0. The van der Waals surface area contributed by atoms with Crippen LogP contribution in [-0.4, -0.2) is 10.9 Å². The van der Waals surface area contributed by atoms with Crippen LogP contribution in [0, 0.1) is 0 Å². The Balaban J connectivity index is 1.48. The second-order valence-electron chi connectivity index (χ2n) is 9.03. The molecular formula is C27H25N3O. The number of carbonyl (C=O) groups excluding carboxylic acids is 1. The first-order valence-corrected chi connectivity index (χ1v) is 10.6. The Bertz CT molecular complexity index is 1280.